The highest BCUT2D eigenvalue weighted by Gasteiger charge is 2.22. The Bertz CT molecular complexity index is 1000. The van der Waals surface area contributed by atoms with E-state index in [1.54, 1.807) is 6.92 Å². The highest BCUT2D eigenvalue weighted by atomic mass is 35.5. The van der Waals surface area contributed by atoms with Gasteiger partial charge in [-0.25, -0.2) is 4.79 Å². The number of non-ortho nitro benzene ring substituents is 1. The van der Waals surface area contributed by atoms with E-state index in [-0.39, 0.29) is 22.2 Å². The Morgan fingerprint density at radius 1 is 1.22 bits per heavy atom. The second kappa shape index (κ2) is 7.55. The Labute approximate surface area is 158 Å². The molecule has 0 aliphatic heterocycles. The monoisotopic (exact) mass is 387 g/mol. The minimum absolute atomic E-state index is 0.00684. The second-order valence-corrected chi connectivity index (χ2v) is 6.19. The topological polar surface area (TPSA) is 108 Å². The van der Waals surface area contributed by atoms with Crippen molar-refractivity contribution in [1.29, 1.82) is 0 Å². The molecule has 8 nitrogen and oxygen atoms in total. The number of halogens is 1. The molecule has 2 aromatic carbocycles. The normalized spacial score (nSPS) is 11.8. The van der Waals surface area contributed by atoms with E-state index in [0.29, 0.717) is 5.89 Å². The zero-order valence-corrected chi connectivity index (χ0v) is 15.1. The zero-order valence-electron chi connectivity index (χ0n) is 14.4. The van der Waals surface area contributed by atoms with Crippen LogP contribution in [-0.2, 0) is 4.74 Å². The van der Waals surface area contributed by atoms with Gasteiger partial charge in [0.2, 0.25) is 5.89 Å². The number of benzene rings is 2. The number of carbonyl (C=O) groups excluding carboxylic acids is 1. The summed E-state index contributed by atoms with van der Waals surface area (Å²) >= 11 is 5.94. The maximum atomic E-state index is 12.3. The van der Waals surface area contributed by atoms with Gasteiger partial charge in [-0.05, 0) is 32.0 Å². The molecule has 1 aromatic heterocycles. The molecule has 1 heterocycles. The molecule has 3 aromatic rings. The Kier molecular flexibility index (Phi) is 5.18. The number of aryl methyl sites for hydroxylation is 1. The number of aromatic nitrogens is 2. The largest absolute Gasteiger partial charge is 0.449 e. The van der Waals surface area contributed by atoms with Crippen LogP contribution in [0.15, 0.2) is 46.9 Å². The number of rotatable bonds is 5. The summed E-state index contributed by atoms with van der Waals surface area (Å²) in [7, 11) is 0. The molecule has 0 radical (unpaired) electrons. The fraction of sp³-hybridized carbons (Fsp3) is 0.167. The van der Waals surface area contributed by atoms with Crippen LogP contribution < -0.4 is 0 Å². The maximum absolute atomic E-state index is 12.3. The van der Waals surface area contributed by atoms with Crippen LogP contribution in [0.2, 0.25) is 5.02 Å². The first-order valence-electron chi connectivity index (χ1n) is 7.90. The third-order valence-electron chi connectivity index (χ3n) is 3.75. The van der Waals surface area contributed by atoms with E-state index in [2.05, 4.69) is 10.2 Å². The smallest absolute Gasteiger partial charge is 0.340 e. The third-order valence-corrected chi connectivity index (χ3v) is 4.07. The molecule has 1 atom stereocenters. The number of ether oxygens (including phenoxy) is 1. The lowest BCUT2D eigenvalue weighted by atomic mass is 10.1. The lowest BCUT2D eigenvalue weighted by molar-refractivity contribution is -0.384. The first-order valence-corrected chi connectivity index (χ1v) is 8.28. The van der Waals surface area contributed by atoms with Crippen LogP contribution in [0.4, 0.5) is 5.69 Å². The van der Waals surface area contributed by atoms with E-state index >= 15 is 0 Å². The Balaban J connectivity index is 1.74. The van der Waals surface area contributed by atoms with Crippen molar-refractivity contribution in [3.05, 3.63) is 74.6 Å². The van der Waals surface area contributed by atoms with Gasteiger partial charge in [-0.1, -0.05) is 29.3 Å². The average molecular weight is 388 g/mol. The minimum Gasteiger partial charge on any atom is -0.449 e. The van der Waals surface area contributed by atoms with Crippen molar-refractivity contribution >= 4 is 23.3 Å². The van der Waals surface area contributed by atoms with E-state index in [1.807, 2.05) is 31.2 Å². The SMILES string of the molecule is Cc1ccc(-c2nnc(C(C)OC(=O)c3ccc([N+](=O)[O-])cc3Cl)o2)cc1. The molecule has 0 saturated heterocycles. The molecule has 0 fully saturated rings. The van der Waals surface area contributed by atoms with E-state index in [0.717, 1.165) is 17.2 Å². The van der Waals surface area contributed by atoms with E-state index in [1.165, 1.54) is 12.1 Å². The van der Waals surface area contributed by atoms with Crippen molar-refractivity contribution in [2.75, 3.05) is 0 Å². The summed E-state index contributed by atoms with van der Waals surface area (Å²) in [6, 6.07) is 11.0. The number of hydrogen-bond acceptors (Lipinski definition) is 7. The van der Waals surface area contributed by atoms with Gasteiger partial charge in [0.25, 0.3) is 11.6 Å². The molecular formula is C18H14ClN3O5. The van der Waals surface area contributed by atoms with Gasteiger partial charge in [0.15, 0.2) is 6.10 Å². The lowest BCUT2D eigenvalue weighted by Crippen LogP contribution is -2.10. The number of carbonyl (C=O) groups is 1. The Hall–Kier alpha value is -3.26. The lowest BCUT2D eigenvalue weighted by Gasteiger charge is -2.10. The second-order valence-electron chi connectivity index (χ2n) is 5.78. The number of nitrogens with zero attached hydrogens (tertiary/aromatic N) is 3. The van der Waals surface area contributed by atoms with Crippen molar-refractivity contribution in [2.45, 2.75) is 20.0 Å². The maximum Gasteiger partial charge on any atom is 0.340 e. The number of esters is 1. The van der Waals surface area contributed by atoms with Gasteiger partial charge in [-0.3, -0.25) is 10.1 Å². The summed E-state index contributed by atoms with van der Waals surface area (Å²) in [6.45, 7) is 3.54. The molecule has 0 aliphatic carbocycles. The van der Waals surface area contributed by atoms with Crippen LogP contribution >= 0.6 is 11.6 Å². The summed E-state index contributed by atoms with van der Waals surface area (Å²) < 4.78 is 10.8. The van der Waals surface area contributed by atoms with Crippen molar-refractivity contribution in [3.8, 4) is 11.5 Å². The van der Waals surface area contributed by atoms with Gasteiger partial charge >= 0.3 is 5.97 Å². The first-order chi connectivity index (χ1) is 12.8. The first kappa shape index (κ1) is 18.5. The minimum atomic E-state index is -0.824. The summed E-state index contributed by atoms with van der Waals surface area (Å²) in [5, 5.41) is 18.5. The molecule has 0 bridgehead atoms. The van der Waals surface area contributed by atoms with Crippen molar-refractivity contribution in [1.82, 2.24) is 10.2 Å². The van der Waals surface area contributed by atoms with Crippen LogP contribution in [-0.4, -0.2) is 21.1 Å². The van der Waals surface area contributed by atoms with Gasteiger partial charge < -0.3 is 9.15 Å². The highest BCUT2D eigenvalue weighted by molar-refractivity contribution is 6.33. The molecule has 9 heteroatoms. The van der Waals surface area contributed by atoms with Gasteiger partial charge in [0.1, 0.15) is 0 Å². The molecule has 27 heavy (non-hydrogen) atoms. The highest BCUT2D eigenvalue weighted by Crippen LogP contribution is 2.26. The molecule has 0 spiro atoms. The standard InChI is InChI=1S/C18H14ClN3O5/c1-10-3-5-12(6-4-10)17-21-20-16(27-17)11(2)26-18(23)14-8-7-13(22(24)25)9-15(14)19/h3-9,11H,1-2H3. The molecule has 0 aliphatic rings. The molecule has 3 rings (SSSR count). The molecular weight excluding hydrogens is 374 g/mol. The summed E-state index contributed by atoms with van der Waals surface area (Å²) in [4.78, 5) is 22.4. The Morgan fingerprint density at radius 3 is 2.56 bits per heavy atom. The van der Waals surface area contributed by atoms with Gasteiger partial charge in [-0.15, -0.1) is 10.2 Å². The predicted octanol–water partition coefficient (Wildman–Crippen LogP) is 4.52. The molecule has 0 amide bonds. The van der Waals surface area contributed by atoms with Crippen molar-refractivity contribution in [2.24, 2.45) is 0 Å². The van der Waals surface area contributed by atoms with Crippen LogP contribution in [0.3, 0.4) is 0 Å². The molecule has 138 valence electrons. The van der Waals surface area contributed by atoms with Crippen LogP contribution in [0.5, 0.6) is 0 Å². The zero-order chi connectivity index (χ0) is 19.6. The van der Waals surface area contributed by atoms with Gasteiger partial charge in [0, 0.05) is 17.7 Å². The fourth-order valence-corrected chi connectivity index (χ4v) is 2.52. The third kappa shape index (κ3) is 4.12. The summed E-state index contributed by atoms with van der Waals surface area (Å²) in [5.74, 6) is -0.323. The van der Waals surface area contributed by atoms with Crippen molar-refractivity contribution < 1.29 is 18.9 Å². The van der Waals surface area contributed by atoms with Gasteiger partial charge in [-0.2, -0.15) is 0 Å². The quantitative estimate of drug-likeness (QED) is 0.359. The molecule has 1 unspecified atom stereocenters. The molecule has 0 N–H and O–H groups in total. The van der Waals surface area contributed by atoms with E-state index < -0.39 is 17.0 Å². The number of nitro benzene ring substituents is 1. The fourth-order valence-electron chi connectivity index (χ4n) is 2.27. The van der Waals surface area contributed by atoms with E-state index in [4.69, 9.17) is 20.8 Å². The number of hydrogen-bond donors (Lipinski definition) is 0. The summed E-state index contributed by atoms with van der Waals surface area (Å²) in [6.07, 6.45) is -0.824. The van der Waals surface area contributed by atoms with E-state index in [9.17, 15) is 14.9 Å². The van der Waals surface area contributed by atoms with Crippen molar-refractivity contribution in [3.63, 3.8) is 0 Å². The predicted molar refractivity (Wildman–Crippen MR) is 96.4 cm³/mol. The summed E-state index contributed by atoms with van der Waals surface area (Å²) in [5.41, 5.74) is 1.63. The average Bonchev–Trinajstić information content (AvgIpc) is 3.12. The van der Waals surface area contributed by atoms with Crippen LogP contribution in [0.1, 0.15) is 34.8 Å². The van der Waals surface area contributed by atoms with Gasteiger partial charge in [0.05, 0.1) is 15.5 Å². The number of nitro groups is 1. The Morgan fingerprint density at radius 2 is 1.93 bits per heavy atom. The molecule has 0 saturated carbocycles. The van der Waals surface area contributed by atoms with Crippen LogP contribution in [0.25, 0.3) is 11.5 Å². The van der Waals surface area contributed by atoms with Crippen LogP contribution in [0, 0.1) is 17.0 Å².